The summed E-state index contributed by atoms with van der Waals surface area (Å²) in [4.78, 5) is 4.00. The highest BCUT2D eigenvalue weighted by molar-refractivity contribution is 7.80. The number of thiol groups is 1. The van der Waals surface area contributed by atoms with Crippen molar-refractivity contribution in [1.29, 1.82) is 0 Å². The van der Waals surface area contributed by atoms with E-state index in [0.29, 0.717) is 5.41 Å². The summed E-state index contributed by atoms with van der Waals surface area (Å²) in [7, 11) is 0. The van der Waals surface area contributed by atoms with Crippen molar-refractivity contribution in [2.45, 2.75) is 45.1 Å². The molecule has 1 aromatic rings. The van der Waals surface area contributed by atoms with Crippen LogP contribution >= 0.6 is 12.6 Å². The molecule has 0 unspecified atom stereocenters. The predicted octanol–water partition coefficient (Wildman–Crippen LogP) is 2.55. The Morgan fingerprint density at radius 2 is 1.93 bits per heavy atom. The SMILES string of the molecule is SCC1(Cn2cncn2)CCCCCC1. The minimum Gasteiger partial charge on any atom is -0.252 e. The van der Waals surface area contributed by atoms with Crippen LogP contribution in [-0.4, -0.2) is 20.5 Å². The number of nitrogens with zero attached hydrogens (tertiary/aromatic N) is 3. The average molecular weight is 225 g/mol. The Hall–Kier alpha value is -0.510. The molecule has 0 N–H and O–H groups in total. The molecule has 0 saturated heterocycles. The van der Waals surface area contributed by atoms with Crippen molar-refractivity contribution in [2.24, 2.45) is 5.41 Å². The summed E-state index contributed by atoms with van der Waals surface area (Å²) in [6.45, 7) is 0.983. The van der Waals surface area contributed by atoms with Crippen LogP contribution in [0.2, 0.25) is 0 Å². The monoisotopic (exact) mass is 225 g/mol. The second-order valence-electron chi connectivity index (χ2n) is 4.67. The van der Waals surface area contributed by atoms with Gasteiger partial charge in [-0.15, -0.1) is 0 Å². The Labute approximate surface area is 96.7 Å². The van der Waals surface area contributed by atoms with Gasteiger partial charge in [0.25, 0.3) is 0 Å². The molecule has 1 aliphatic rings. The summed E-state index contributed by atoms with van der Waals surface area (Å²) in [6.07, 6.45) is 11.5. The van der Waals surface area contributed by atoms with Crippen LogP contribution in [0.1, 0.15) is 38.5 Å². The standard InChI is InChI=1S/C11H19N3S/c15-8-11(5-3-1-2-4-6-11)7-14-10-12-9-13-14/h9-10,15H,1-8H2. The fraction of sp³-hybridized carbons (Fsp3) is 0.818. The van der Waals surface area contributed by atoms with Crippen LogP contribution in [0.15, 0.2) is 12.7 Å². The molecule has 2 rings (SSSR count). The van der Waals surface area contributed by atoms with Gasteiger partial charge in [-0.2, -0.15) is 17.7 Å². The van der Waals surface area contributed by atoms with Gasteiger partial charge >= 0.3 is 0 Å². The third-order valence-electron chi connectivity index (χ3n) is 3.46. The van der Waals surface area contributed by atoms with E-state index < -0.39 is 0 Å². The molecule has 0 amide bonds. The highest BCUT2D eigenvalue weighted by Gasteiger charge is 2.30. The van der Waals surface area contributed by atoms with Crippen LogP contribution < -0.4 is 0 Å². The van der Waals surface area contributed by atoms with Gasteiger partial charge in [0.15, 0.2) is 0 Å². The quantitative estimate of drug-likeness (QED) is 0.633. The maximum Gasteiger partial charge on any atom is 0.137 e. The van der Waals surface area contributed by atoms with Crippen LogP contribution in [0.3, 0.4) is 0 Å². The van der Waals surface area contributed by atoms with E-state index in [9.17, 15) is 0 Å². The molecule has 84 valence electrons. The van der Waals surface area contributed by atoms with Gasteiger partial charge in [-0.3, -0.25) is 4.68 Å². The first-order valence-corrected chi connectivity index (χ1v) is 6.41. The topological polar surface area (TPSA) is 30.7 Å². The van der Waals surface area contributed by atoms with Crippen molar-refractivity contribution in [3.8, 4) is 0 Å². The molecule has 0 atom stereocenters. The first-order chi connectivity index (χ1) is 7.35. The molecular weight excluding hydrogens is 206 g/mol. The molecule has 0 aliphatic heterocycles. The van der Waals surface area contributed by atoms with Crippen molar-refractivity contribution < 1.29 is 0 Å². The highest BCUT2D eigenvalue weighted by Crippen LogP contribution is 2.37. The Balaban J connectivity index is 2.05. The first-order valence-electron chi connectivity index (χ1n) is 5.78. The summed E-state index contributed by atoms with van der Waals surface area (Å²) in [5.74, 6) is 0.965. The number of hydrogen-bond acceptors (Lipinski definition) is 3. The molecule has 0 radical (unpaired) electrons. The normalized spacial score (nSPS) is 21.1. The second kappa shape index (κ2) is 5.01. The minimum absolute atomic E-state index is 0.354. The number of aromatic nitrogens is 3. The molecule has 4 heteroatoms. The third kappa shape index (κ3) is 2.74. The molecule has 1 heterocycles. The van der Waals surface area contributed by atoms with Gasteiger partial charge in [-0.1, -0.05) is 25.7 Å². The summed E-state index contributed by atoms with van der Waals surface area (Å²) in [5, 5.41) is 4.21. The van der Waals surface area contributed by atoms with Gasteiger partial charge in [-0.05, 0) is 24.0 Å². The van der Waals surface area contributed by atoms with Crippen LogP contribution in [-0.2, 0) is 6.54 Å². The summed E-state index contributed by atoms with van der Waals surface area (Å²) >= 11 is 4.55. The van der Waals surface area contributed by atoms with E-state index in [4.69, 9.17) is 0 Å². The molecule has 1 aromatic heterocycles. The van der Waals surface area contributed by atoms with Gasteiger partial charge in [0.1, 0.15) is 12.7 Å². The predicted molar refractivity (Wildman–Crippen MR) is 64.0 cm³/mol. The molecule has 0 bridgehead atoms. The van der Waals surface area contributed by atoms with Crippen molar-refractivity contribution >= 4 is 12.6 Å². The fourth-order valence-corrected chi connectivity index (χ4v) is 2.92. The molecule has 0 aromatic carbocycles. The fourth-order valence-electron chi connectivity index (χ4n) is 2.50. The Bertz CT molecular complexity index is 276. The Kier molecular flexibility index (Phi) is 3.67. The van der Waals surface area contributed by atoms with Crippen molar-refractivity contribution in [3.63, 3.8) is 0 Å². The lowest BCUT2D eigenvalue weighted by molar-refractivity contribution is 0.230. The zero-order valence-electron chi connectivity index (χ0n) is 9.10. The first kappa shape index (κ1) is 11.0. The second-order valence-corrected chi connectivity index (χ2v) is 4.98. The summed E-state index contributed by atoms with van der Waals surface area (Å²) < 4.78 is 1.96. The van der Waals surface area contributed by atoms with E-state index >= 15 is 0 Å². The lowest BCUT2D eigenvalue weighted by atomic mass is 9.82. The van der Waals surface area contributed by atoms with Crippen LogP contribution in [0, 0.1) is 5.41 Å². The Morgan fingerprint density at radius 1 is 1.20 bits per heavy atom. The third-order valence-corrected chi connectivity index (χ3v) is 4.13. The molecule has 3 nitrogen and oxygen atoms in total. The van der Waals surface area contributed by atoms with E-state index in [1.807, 2.05) is 11.0 Å². The van der Waals surface area contributed by atoms with Crippen LogP contribution in [0.5, 0.6) is 0 Å². The maximum absolute atomic E-state index is 4.55. The van der Waals surface area contributed by atoms with E-state index in [1.54, 1.807) is 6.33 Å². The van der Waals surface area contributed by atoms with Crippen molar-refractivity contribution in [2.75, 3.05) is 5.75 Å². The van der Waals surface area contributed by atoms with Gasteiger partial charge in [-0.25, -0.2) is 4.98 Å². The molecular formula is C11H19N3S. The van der Waals surface area contributed by atoms with Crippen molar-refractivity contribution in [3.05, 3.63) is 12.7 Å². The van der Waals surface area contributed by atoms with Crippen molar-refractivity contribution in [1.82, 2.24) is 14.8 Å². The summed E-state index contributed by atoms with van der Waals surface area (Å²) in [6, 6.07) is 0. The van der Waals surface area contributed by atoms with E-state index in [-0.39, 0.29) is 0 Å². The molecule has 1 aliphatic carbocycles. The van der Waals surface area contributed by atoms with E-state index in [0.717, 1.165) is 12.3 Å². The van der Waals surface area contributed by atoms with E-state index in [2.05, 4.69) is 22.7 Å². The zero-order valence-corrected chi connectivity index (χ0v) is 9.99. The van der Waals surface area contributed by atoms with Crippen LogP contribution in [0.4, 0.5) is 0 Å². The number of hydrogen-bond donors (Lipinski definition) is 1. The van der Waals surface area contributed by atoms with Gasteiger partial charge in [0.05, 0.1) is 0 Å². The average Bonchev–Trinajstić information content (AvgIpc) is 2.64. The maximum atomic E-state index is 4.55. The Morgan fingerprint density at radius 3 is 2.47 bits per heavy atom. The summed E-state index contributed by atoms with van der Waals surface area (Å²) in [5.41, 5.74) is 0.354. The largest absolute Gasteiger partial charge is 0.252 e. The molecule has 1 fully saturated rings. The smallest absolute Gasteiger partial charge is 0.137 e. The van der Waals surface area contributed by atoms with Gasteiger partial charge < -0.3 is 0 Å². The zero-order chi connectivity index (χ0) is 10.6. The van der Waals surface area contributed by atoms with Gasteiger partial charge in [0, 0.05) is 6.54 Å². The molecule has 1 saturated carbocycles. The lowest BCUT2D eigenvalue weighted by Crippen LogP contribution is -2.28. The minimum atomic E-state index is 0.354. The van der Waals surface area contributed by atoms with E-state index in [1.165, 1.54) is 38.5 Å². The lowest BCUT2D eigenvalue weighted by Gasteiger charge is -2.30. The van der Waals surface area contributed by atoms with Crippen LogP contribution in [0.25, 0.3) is 0 Å². The number of rotatable bonds is 3. The highest BCUT2D eigenvalue weighted by atomic mass is 32.1. The van der Waals surface area contributed by atoms with Gasteiger partial charge in [0.2, 0.25) is 0 Å². The molecule has 15 heavy (non-hydrogen) atoms. The molecule has 0 spiro atoms.